The lowest BCUT2D eigenvalue weighted by Crippen LogP contribution is -2.41. The summed E-state index contributed by atoms with van der Waals surface area (Å²) in [6.45, 7) is -3.01. The third-order valence-corrected chi connectivity index (χ3v) is 8.02. The number of amidine groups is 1. The molecule has 36 heavy (non-hydrogen) atoms. The zero-order valence-corrected chi connectivity index (χ0v) is 21.0. The van der Waals surface area contributed by atoms with Gasteiger partial charge >= 0.3 is 6.55 Å². The maximum absolute atomic E-state index is 13.9. The largest absolute Gasteiger partial charge is 0.387 e. The second-order valence-electron chi connectivity index (χ2n) is 8.73. The number of halogens is 4. The van der Waals surface area contributed by atoms with Crippen molar-refractivity contribution in [1.29, 1.82) is 0 Å². The molecule has 1 aromatic carbocycles. The Bertz CT molecular complexity index is 1490. The predicted octanol–water partition coefficient (Wildman–Crippen LogP) is 3.92. The van der Waals surface area contributed by atoms with Gasteiger partial charge in [-0.3, -0.25) is 4.99 Å². The van der Waals surface area contributed by atoms with E-state index in [1.807, 2.05) is 0 Å². The minimum Gasteiger partial charge on any atom is -0.387 e. The normalized spacial score (nSPS) is 22.4. The fourth-order valence-electron chi connectivity index (χ4n) is 4.63. The minimum atomic E-state index is -3.58. The number of rotatable bonds is 6. The molecule has 2 aromatic heterocycles. The highest BCUT2D eigenvalue weighted by atomic mass is 35.5. The average Bonchev–Trinajstić information content (AvgIpc) is 3.51. The van der Waals surface area contributed by atoms with E-state index < -0.39 is 39.6 Å². The highest BCUT2D eigenvalue weighted by Gasteiger charge is 2.48. The Morgan fingerprint density at radius 3 is 2.72 bits per heavy atom. The number of sulfone groups is 1. The third kappa shape index (κ3) is 4.67. The minimum absolute atomic E-state index is 0.0616. The number of nitrogens with zero attached hydrogens (tertiary/aromatic N) is 5. The van der Waals surface area contributed by atoms with Gasteiger partial charge in [0.05, 0.1) is 18.0 Å². The van der Waals surface area contributed by atoms with Crippen LogP contribution in [0.5, 0.6) is 0 Å². The zero-order valence-electron chi connectivity index (χ0n) is 18.6. The summed E-state index contributed by atoms with van der Waals surface area (Å²) in [5, 5.41) is 17.6. The molecule has 0 aliphatic carbocycles. The van der Waals surface area contributed by atoms with Crippen molar-refractivity contribution in [2.75, 3.05) is 18.6 Å². The predicted molar refractivity (Wildman–Crippen MR) is 129 cm³/mol. The Hall–Kier alpha value is -2.74. The average molecular weight is 558 g/mol. The zero-order chi connectivity index (χ0) is 25.8. The van der Waals surface area contributed by atoms with Gasteiger partial charge in [-0.1, -0.05) is 17.7 Å². The van der Waals surface area contributed by atoms with Gasteiger partial charge in [0.2, 0.25) is 0 Å². The fraction of sp³-hybridized carbons (Fsp3) is 0.318. The summed E-state index contributed by atoms with van der Waals surface area (Å²) < 4.78 is 65.3. The molecule has 0 unspecified atom stereocenters. The van der Waals surface area contributed by atoms with Crippen molar-refractivity contribution in [2.45, 2.75) is 24.6 Å². The Morgan fingerprint density at radius 1 is 1.33 bits per heavy atom. The summed E-state index contributed by atoms with van der Waals surface area (Å²) in [4.78, 5) is 10.8. The number of alkyl halides is 2. The maximum atomic E-state index is 13.9. The van der Waals surface area contributed by atoms with E-state index in [-0.39, 0.29) is 23.7 Å². The summed E-state index contributed by atoms with van der Waals surface area (Å²) in [6.07, 6.45) is 3.60. The van der Waals surface area contributed by atoms with E-state index in [4.69, 9.17) is 16.6 Å². The lowest BCUT2D eigenvalue weighted by Gasteiger charge is -2.32. The van der Waals surface area contributed by atoms with Crippen molar-refractivity contribution in [3.63, 3.8) is 0 Å². The first kappa shape index (κ1) is 24.9. The van der Waals surface area contributed by atoms with Gasteiger partial charge in [-0.25, -0.2) is 22.5 Å². The summed E-state index contributed by atoms with van der Waals surface area (Å²) >= 11 is 7.68. The van der Waals surface area contributed by atoms with Crippen molar-refractivity contribution in [3.05, 3.63) is 74.8 Å². The van der Waals surface area contributed by atoms with E-state index in [2.05, 4.69) is 10.1 Å². The molecule has 2 atom stereocenters. The number of thiazole rings is 1. The van der Waals surface area contributed by atoms with Crippen LogP contribution in [0.3, 0.4) is 0 Å². The molecule has 0 bridgehead atoms. The summed E-state index contributed by atoms with van der Waals surface area (Å²) in [7, 11) is -3.58. The van der Waals surface area contributed by atoms with Crippen LogP contribution in [0.2, 0.25) is 5.02 Å². The number of benzene rings is 1. The van der Waals surface area contributed by atoms with Crippen LogP contribution < -0.4 is 0 Å². The van der Waals surface area contributed by atoms with Gasteiger partial charge in [0.1, 0.15) is 27.3 Å². The first-order valence-corrected chi connectivity index (χ1v) is 13.9. The van der Waals surface area contributed by atoms with Gasteiger partial charge in [0.15, 0.2) is 10.8 Å². The summed E-state index contributed by atoms with van der Waals surface area (Å²) in [6, 6.07) is 4.25. The van der Waals surface area contributed by atoms with E-state index in [1.165, 1.54) is 29.5 Å². The Morgan fingerprint density at radius 2 is 2.11 bits per heavy atom. The van der Waals surface area contributed by atoms with Crippen LogP contribution >= 0.6 is 22.9 Å². The van der Waals surface area contributed by atoms with Crippen molar-refractivity contribution in [2.24, 2.45) is 4.99 Å². The molecular weight excluding hydrogens is 539 g/mol. The molecule has 0 amide bonds. The molecule has 190 valence electrons. The Labute approximate surface area is 213 Å². The second-order valence-corrected chi connectivity index (χ2v) is 12.2. The van der Waals surface area contributed by atoms with Gasteiger partial charge in [-0.15, -0.1) is 11.3 Å². The highest BCUT2D eigenvalue weighted by Crippen LogP contribution is 2.48. The van der Waals surface area contributed by atoms with Gasteiger partial charge < -0.3 is 10.0 Å². The molecule has 0 saturated carbocycles. The molecule has 0 radical (unpaired) electrons. The van der Waals surface area contributed by atoms with Crippen molar-refractivity contribution in [3.8, 4) is 0 Å². The molecule has 3 aromatic rings. The van der Waals surface area contributed by atoms with Crippen molar-refractivity contribution >= 4 is 44.2 Å². The molecule has 2 aliphatic rings. The molecule has 1 saturated heterocycles. The Kier molecular flexibility index (Phi) is 6.22. The monoisotopic (exact) mass is 557 g/mol. The lowest BCUT2D eigenvalue weighted by molar-refractivity contribution is 0.0564. The molecule has 2 aliphatic heterocycles. The molecule has 0 spiro atoms. The third-order valence-electron chi connectivity index (χ3n) is 5.86. The first-order valence-electron chi connectivity index (χ1n) is 10.6. The molecule has 4 heterocycles. The van der Waals surface area contributed by atoms with E-state index in [9.17, 15) is 26.7 Å². The topological polar surface area (TPSA) is 101 Å². The van der Waals surface area contributed by atoms with Gasteiger partial charge in [0.25, 0.3) is 0 Å². The van der Waals surface area contributed by atoms with Crippen LogP contribution in [-0.2, 0) is 9.84 Å². The standard InChI is InChI=1S/C22H19ClF3N5O3S2/c1-36(33,34)11-22(32)9-16-17(15-4-6-31(29-15)21(25)26)18(13-3-2-12(24)8-14(13)23)28-19(30(16)10-22)20-27-5-7-35-20/h2-8,18,21,32H,9-11H2,1H3/t18-,22-/m0/s1. The van der Waals surface area contributed by atoms with E-state index in [1.54, 1.807) is 16.5 Å². The number of hydrogen-bond donors (Lipinski definition) is 1. The van der Waals surface area contributed by atoms with Crippen LogP contribution in [0.25, 0.3) is 5.57 Å². The van der Waals surface area contributed by atoms with Crippen LogP contribution in [-0.4, -0.2) is 63.2 Å². The second kappa shape index (κ2) is 8.98. The van der Waals surface area contributed by atoms with Crippen LogP contribution in [0.15, 0.2) is 52.7 Å². The molecule has 1 fully saturated rings. The number of aliphatic imine (C=N–C) groups is 1. The van der Waals surface area contributed by atoms with Crippen molar-refractivity contribution < 1.29 is 26.7 Å². The molecule has 1 N–H and O–H groups in total. The summed E-state index contributed by atoms with van der Waals surface area (Å²) in [5.74, 6) is -0.733. The quantitative estimate of drug-likeness (QED) is 0.493. The van der Waals surface area contributed by atoms with Gasteiger partial charge in [0, 0.05) is 52.3 Å². The van der Waals surface area contributed by atoms with Crippen molar-refractivity contribution in [1.82, 2.24) is 19.7 Å². The maximum Gasteiger partial charge on any atom is 0.333 e. The van der Waals surface area contributed by atoms with Crippen LogP contribution in [0.4, 0.5) is 13.2 Å². The summed E-state index contributed by atoms with van der Waals surface area (Å²) in [5.41, 5.74) is -0.344. The SMILES string of the molecule is CS(=O)(=O)C[C@]1(O)CC2=C(c3ccn(C(F)F)n3)[C@H](c3ccc(F)cc3Cl)N=C(c3nccs3)N2C1. The van der Waals surface area contributed by atoms with E-state index >= 15 is 0 Å². The number of aromatic nitrogens is 3. The van der Waals surface area contributed by atoms with Gasteiger partial charge in [-0.05, 0) is 18.2 Å². The van der Waals surface area contributed by atoms with Crippen LogP contribution in [0, 0.1) is 5.82 Å². The number of hydrogen-bond acceptors (Lipinski definition) is 8. The Balaban J connectivity index is 1.75. The van der Waals surface area contributed by atoms with E-state index in [0.29, 0.717) is 32.4 Å². The first-order chi connectivity index (χ1) is 16.9. The molecule has 8 nitrogen and oxygen atoms in total. The smallest absolute Gasteiger partial charge is 0.333 e. The number of aliphatic hydroxyl groups is 1. The fourth-order valence-corrected chi connectivity index (χ4v) is 6.71. The van der Waals surface area contributed by atoms with E-state index in [0.717, 1.165) is 18.5 Å². The lowest BCUT2D eigenvalue weighted by atomic mass is 9.91. The molecule has 5 rings (SSSR count). The number of fused-ring (bicyclic) bond motifs is 1. The van der Waals surface area contributed by atoms with Gasteiger partial charge in [-0.2, -0.15) is 13.9 Å². The highest BCUT2D eigenvalue weighted by molar-refractivity contribution is 7.90. The molecule has 14 heteroatoms. The van der Waals surface area contributed by atoms with Crippen LogP contribution in [0.1, 0.15) is 35.3 Å². The molecular formula is C22H19ClF3N5O3S2.